The van der Waals surface area contributed by atoms with Gasteiger partial charge in [0.15, 0.2) is 10.6 Å². The van der Waals surface area contributed by atoms with Gasteiger partial charge in [0.1, 0.15) is 11.6 Å². The number of halogens is 2. The van der Waals surface area contributed by atoms with Crippen molar-refractivity contribution >= 4 is 46.8 Å². The Balaban J connectivity index is 2.32. The Morgan fingerprint density at radius 1 is 1.11 bits per heavy atom. The molecule has 0 aliphatic heterocycles. The van der Waals surface area contributed by atoms with Gasteiger partial charge in [-0.25, -0.2) is 4.79 Å². The van der Waals surface area contributed by atoms with Gasteiger partial charge >= 0.3 is 6.09 Å². The van der Waals surface area contributed by atoms with Gasteiger partial charge < -0.3 is 24.8 Å². The van der Waals surface area contributed by atoms with Crippen LogP contribution < -0.4 is 15.5 Å². The maximum absolute atomic E-state index is 13.4. The molecule has 2 N–H and O–H groups in total. The van der Waals surface area contributed by atoms with Crippen molar-refractivity contribution in [3.05, 3.63) is 36.5 Å². The smallest absolute Gasteiger partial charge is 0.408 e. The van der Waals surface area contributed by atoms with Crippen LogP contribution in [0.25, 0.3) is 11.3 Å². The Hall–Kier alpha value is -2.78. The number of nitrogens with one attached hydrogen (secondary N) is 2. The van der Waals surface area contributed by atoms with E-state index in [0.717, 1.165) is 0 Å². The fraction of sp³-hybridized carbons (Fsp3) is 0.556. The molecule has 2 rings (SSSR count). The van der Waals surface area contributed by atoms with E-state index in [1.807, 2.05) is 33.8 Å². The second kappa shape index (κ2) is 13.8. The summed E-state index contributed by atoms with van der Waals surface area (Å²) in [5.74, 6) is -0.615. The number of carbonyl (C=O) groups is 3. The van der Waals surface area contributed by atoms with E-state index in [0.29, 0.717) is 23.4 Å². The first-order valence-corrected chi connectivity index (χ1v) is 13.5. The molecule has 0 fully saturated rings. The van der Waals surface area contributed by atoms with Gasteiger partial charge in [-0.15, -0.1) is 0 Å². The van der Waals surface area contributed by atoms with E-state index in [1.165, 1.54) is 11.1 Å². The van der Waals surface area contributed by atoms with E-state index < -0.39 is 34.5 Å². The van der Waals surface area contributed by atoms with Crippen LogP contribution in [0.3, 0.4) is 0 Å². The molecule has 11 heteroatoms. The fourth-order valence-corrected chi connectivity index (χ4v) is 3.90. The number of rotatable bonds is 11. The third-order valence-corrected chi connectivity index (χ3v) is 6.39. The van der Waals surface area contributed by atoms with Crippen LogP contribution >= 0.6 is 23.2 Å². The van der Waals surface area contributed by atoms with Crippen LogP contribution in [0.5, 0.6) is 0 Å². The lowest BCUT2D eigenvalue weighted by atomic mass is 9.96. The van der Waals surface area contributed by atoms with Crippen molar-refractivity contribution in [2.75, 3.05) is 11.4 Å². The molecule has 0 spiro atoms. The molecule has 0 bridgehead atoms. The third-order valence-electron chi connectivity index (χ3n) is 6.01. The van der Waals surface area contributed by atoms with Gasteiger partial charge in [-0.3, -0.25) is 9.59 Å². The molecule has 0 saturated heterocycles. The molecule has 1 aromatic heterocycles. The van der Waals surface area contributed by atoms with Crippen molar-refractivity contribution in [3.8, 4) is 11.3 Å². The number of carbonyl (C=O) groups excluding carboxylic acids is 3. The molecule has 210 valence electrons. The topological polar surface area (TPSA) is 114 Å². The minimum absolute atomic E-state index is 0.0742. The quantitative estimate of drug-likeness (QED) is 0.343. The molecule has 3 amide bonds. The lowest BCUT2D eigenvalue weighted by molar-refractivity contribution is -0.125. The van der Waals surface area contributed by atoms with Gasteiger partial charge in [0.25, 0.3) is 5.91 Å². The highest BCUT2D eigenvalue weighted by atomic mass is 35.5. The maximum Gasteiger partial charge on any atom is 0.408 e. The lowest BCUT2D eigenvalue weighted by Gasteiger charge is -2.33. The number of nitrogens with zero attached hydrogens (tertiary/aromatic N) is 2. The largest absolute Gasteiger partial charge is 0.444 e. The third kappa shape index (κ3) is 9.20. The Morgan fingerprint density at radius 3 is 2.32 bits per heavy atom. The number of benzene rings is 1. The number of amides is 3. The van der Waals surface area contributed by atoms with Crippen molar-refractivity contribution in [2.45, 2.75) is 77.4 Å². The average molecular weight is 570 g/mol. The summed E-state index contributed by atoms with van der Waals surface area (Å²) in [6.07, 6.45) is 1.51. The van der Waals surface area contributed by atoms with Crippen LogP contribution in [-0.2, 0) is 14.3 Å². The second-order valence-electron chi connectivity index (χ2n) is 10.5. The zero-order valence-corrected chi connectivity index (χ0v) is 24.5. The molecule has 1 aromatic carbocycles. The first-order chi connectivity index (χ1) is 17.7. The second-order valence-corrected chi connectivity index (χ2v) is 11.6. The minimum Gasteiger partial charge on any atom is -0.444 e. The molecular formula is C27H38Cl2N4O5. The summed E-state index contributed by atoms with van der Waals surface area (Å²) in [6.45, 7) is 13.0. The van der Waals surface area contributed by atoms with Crippen molar-refractivity contribution < 1.29 is 23.6 Å². The molecule has 9 nitrogen and oxygen atoms in total. The highest BCUT2D eigenvalue weighted by Gasteiger charge is 2.32. The summed E-state index contributed by atoms with van der Waals surface area (Å²) in [7, 11) is 0. The van der Waals surface area contributed by atoms with E-state index in [2.05, 4.69) is 15.8 Å². The summed E-state index contributed by atoms with van der Waals surface area (Å²) in [5.41, 5.74) is 0.532. The molecule has 2 aromatic rings. The van der Waals surface area contributed by atoms with E-state index in [9.17, 15) is 14.4 Å². The van der Waals surface area contributed by atoms with Gasteiger partial charge in [0, 0.05) is 29.9 Å². The Bertz CT molecular complexity index is 1070. The van der Waals surface area contributed by atoms with Crippen molar-refractivity contribution in [2.24, 2.45) is 11.8 Å². The SMILES string of the molecule is CCC(C)C(NC(=O)OC(C)(C)C)C(=O)NC(CN(C(=O)C(Cl)Cl)c1cccc(-c2ccno2)c1)C(C)C. The lowest BCUT2D eigenvalue weighted by Crippen LogP contribution is -2.57. The van der Waals surface area contributed by atoms with E-state index in [1.54, 1.807) is 45.0 Å². The highest BCUT2D eigenvalue weighted by Crippen LogP contribution is 2.27. The van der Waals surface area contributed by atoms with Gasteiger partial charge in [-0.05, 0) is 44.7 Å². The Labute approximate surface area is 234 Å². The molecule has 0 radical (unpaired) electrons. The predicted octanol–water partition coefficient (Wildman–Crippen LogP) is 5.56. The molecule has 0 aliphatic carbocycles. The highest BCUT2D eigenvalue weighted by molar-refractivity contribution is 6.54. The molecule has 0 saturated carbocycles. The summed E-state index contributed by atoms with van der Waals surface area (Å²) < 4.78 is 10.6. The number of alkyl carbamates (subject to hydrolysis) is 1. The summed E-state index contributed by atoms with van der Waals surface area (Å²) >= 11 is 12.0. The molecule has 0 aliphatic rings. The van der Waals surface area contributed by atoms with E-state index in [-0.39, 0.29) is 24.3 Å². The number of ether oxygens (including phenoxy) is 1. The van der Waals surface area contributed by atoms with Crippen LogP contribution in [0.15, 0.2) is 41.1 Å². The van der Waals surface area contributed by atoms with E-state index in [4.69, 9.17) is 32.5 Å². The normalized spacial score (nSPS) is 14.1. The number of aromatic nitrogens is 1. The first-order valence-electron chi connectivity index (χ1n) is 12.6. The van der Waals surface area contributed by atoms with Crippen molar-refractivity contribution in [1.29, 1.82) is 0 Å². The Kier molecular flexibility index (Phi) is 11.5. The minimum atomic E-state index is -1.31. The number of alkyl halides is 2. The van der Waals surface area contributed by atoms with Crippen molar-refractivity contribution in [3.63, 3.8) is 0 Å². The number of hydrogen-bond donors (Lipinski definition) is 2. The zero-order chi connectivity index (χ0) is 28.6. The van der Waals surface area contributed by atoms with Crippen LogP contribution in [0.4, 0.5) is 10.5 Å². The van der Waals surface area contributed by atoms with Crippen LogP contribution in [0.1, 0.15) is 54.9 Å². The fourth-order valence-electron chi connectivity index (χ4n) is 3.66. The zero-order valence-electron chi connectivity index (χ0n) is 23.0. The predicted molar refractivity (Wildman–Crippen MR) is 149 cm³/mol. The average Bonchev–Trinajstić information content (AvgIpc) is 3.38. The molecule has 1 heterocycles. The first kappa shape index (κ1) is 31.4. The summed E-state index contributed by atoms with van der Waals surface area (Å²) in [4.78, 5) is 39.1. The molecular weight excluding hydrogens is 531 g/mol. The van der Waals surface area contributed by atoms with Gasteiger partial charge in [0.05, 0.1) is 6.20 Å². The van der Waals surface area contributed by atoms with Crippen LogP contribution in [0.2, 0.25) is 0 Å². The van der Waals surface area contributed by atoms with Crippen LogP contribution in [-0.4, -0.2) is 52.1 Å². The molecule has 3 unspecified atom stereocenters. The van der Waals surface area contributed by atoms with Gasteiger partial charge in [-0.1, -0.05) is 74.6 Å². The van der Waals surface area contributed by atoms with Crippen molar-refractivity contribution in [1.82, 2.24) is 15.8 Å². The summed E-state index contributed by atoms with van der Waals surface area (Å²) in [5, 5.41) is 9.46. The number of hydrogen-bond acceptors (Lipinski definition) is 6. The maximum atomic E-state index is 13.4. The Morgan fingerprint density at radius 2 is 1.79 bits per heavy atom. The van der Waals surface area contributed by atoms with E-state index >= 15 is 0 Å². The van der Waals surface area contributed by atoms with Gasteiger partial charge in [-0.2, -0.15) is 0 Å². The summed E-state index contributed by atoms with van der Waals surface area (Å²) in [6, 6.07) is 7.51. The number of anilines is 1. The molecule has 3 atom stereocenters. The standard InChI is InChI=1S/C27H38Cl2N4O5/c1-8-17(4)22(32-26(36)37-27(5,6)7)24(34)31-20(16(2)3)15-33(25(35)23(28)29)19-11-9-10-18(14-19)21-12-13-30-38-21/h9-14,16-17,20,22-23H,8,15H2,1-7H3,(H,31,34)(H,32,36). The monoisotopic (exact) mass is 568 g/mol. The van der Waals surface area contributed by atoms with Crippen LogP contribution in [0, 0.1) is 11.8 Å². The van der Waals surface area contributed by atoms with Gasteiger partial charge in [0.2, 0.25) is 5.91 Å². The molecule has 38 heavy (non-hydrogen) atoms.